The maximum Gasteiger partial charge on any atom is 0.269 e. The highest BCUT2D eigenvalue weighted by atomic mass is 16.6. The number of benzene rings is 1. The van der Waals surface area contributed by atoms with Crippen LogP contribution in [0.2, 0.25) is 0 Å². The fraction of sp³-hybridized carbons (Fsp3) is 0.0909. The van der Waals surface area contributed by atoms with Crippen molar-refractivity contribution < 1.29 is 10.0 Å². The van der Waals surface area contributed by atoms with Gasteiger partial charge in [0.1, 0.15) is 0 Å². The molecule has 1 aromatic carbocycles. The highest BCUT2D eigenvalue weighted by Crippen LogP contribution is 2.21. The van der Waals surface area contributed by atoms with Crippen molar-refractivity contribution in [2.24, 2.45) is 0 Å². The van der Waals surface area contributed by atoms with Crippen molar-refractivity contribution in [3.63, 3.8) is 0 Å². The van der Waals surface area contributed by atoms with Gasteiger partial charge in [0.15, 0.2) is 0 Å². The molecule has 16 heavy (non-hydrogen) atoms. The summed E-state index contributed by atoms with van der Waals surface area (Å²) in [5, 5.41) is 19.8. The second-order valence-corrected chi connectivity index (χ2v) is 3.32. The van der Waals surface area contributed by atoms with Crippen molar-refractivity contribution in [2.45, 2.75) is 6.61 Å². The molecule has 0 aliphatic rings. The molecule has 5 nitrogen and oxygen atoms in total. The first-order valence-electron chi connectivity index (χ1n) is 4.74. The van der Waals surface area contributed by atoms with Gasteiger partial charge in [-0.15, -0.1) is 0 Å². The minimum absolute atomic E-state index is 0.0139. The Kier molecular flexibility index (Phi) is 2.70. The van der Waals surface area contributed by atoms with Crippen LogP contribution in [-0.2, 0) is 6.61 Å². The molecule has 0 spiro atoms. The molecular formula is C11H10N2O3. The first-order valence-corrected chi connectivity index (χ1v) is 4.74. The van der Waals surface area contributed by atoms with Crippen molar-refractivity contribution >= 4 is 5.69 Å². The Morgan fingerprint density at radius 1 is 1.31 bits per heavy atom. The number of nitro groups is 1. The lowest BCUT2D eigenvalue weighted by Gasteiger charge is -2.08. The molecule has 82 valence electrons. The zero-order valence-electron chi connectivity index (χ0n) is 8.41. The van der Waals surface area contributed by atoms with Crippen LogP contribution >= 0.6 is 0 Å². The quantitative estimate of drug-likeness (QED) is 0.631. The van der Waals surface area contributed by atoms with Crippen LogP contribution in [0.1, 0.15) is 5.56 Å². The zero-order valence-corrected chi connectivity index (χ0v) is 8.41. The number of aromatic nitrogens is 1. The normalized spacial score (nSPS) is 10.3. The van der Waals surface area contributed by atoms with Crippen LogP contribution in [-0.4, -0.2) is 14.6 Å². The fourth-order valence-electron chi connectivity index (χ4n) is 1.56. The molecule has 2 aromatic rings. The summed E-state index contributed by atoms with van der Waals surface area (Å²) in [5.74, 6) is 0. The van der Waals surface area contributed by atoms with E-state index < -0.39 is 4.92 Å². The zero-order chi connectivity index (χ0) is 11.5. The third-order valence-electron chi connectivity index (χ3n) is 2.33. The Balaban J connectivity index is 2.51. The third kappa shape index (κ3) is 1.80. The largest absolute Gasteiger partial charge is 0.392 e. The van der Waals surface area contributed by atoms with Gasteiger partial charge in [0, 0.05) is 30.1 Å². The molecular weight excluding hydrogens is 208 g/mol. The van der Waals surface area contributed by atoms with E-state index in [2.05, 4.69) is 0 Å². The van der Waals surface area contributed by atoms with Crippen LogP contribution in [0.3, 0.4) is 0 Å². The van der Waals surface area contributed by atoms with Crippen molar-refractivity contribution in [1.82, 2.24) is 4.57 Å². The molecule has 0 saturated heterocycles. The maximum atomic E-state index is 10.6. The second kappa shape index (κ2) is 4.16. The molecule has 1 N–H and O–H groups in total. The molecule has 0 aliphatic heterocycles. The number of nitro benzene ring substituents is 1. The summed E-state index contributed by atoms with van der Waals surface area (Å²) in [4.78, 5) is 10.1. The fourth-order valence-corrected chi connectivity index (χ4v) is 1.56. The number of non-ortho nitro benzene ring substituents is 1. The molecule has 0 bridgehead atoms. The molecule has 2 rings (SSSR count). The molecule has 5 heteroatoms. The van der Waals surface area contributed by atoms with Crippen LogP contribution in [0.25, 0.3) is 5.69 Å². The van der Waals surface area contributed by atoms with Crippen LogP contribution in [0, 0.1) is 10.1 Å². The maximum absolute atomic E-state index is 10.6. The third-order valence-corrected chi connectivity index (χ3v) is 2.33. The second-order valence-electron chi connectivity index (χ2n) is 3.32. The number of aliphatic hydroxyl groups is 1. The standard InChI is InChI=1S/C11H10N2O3/c14-8-9-7-10(13(15)16)3-4-11(9)12-5-1-2-6-12/h1-7,14H,8H2. The number of nitrogens with zero attached hydrogens (tertiary/aromatic N) is 2. The number of hydrogen-bond donors (Lipinski definition) is 1. The molecule has 0 atom stereocenters. The average Bonchev–Trinajstić information content (AvgIpc) is 2.81. The van der Waals surface area contributed by atoms with Crippen molar-refractivity contribution in [3.8, 4) is 5.69 Å². The Labute approximate surface area is 91.7 Å². The molecule has 1 heterocycles. The topological polar surface area (TPSA) is 68.3 Å². The summed E-state index contributed by atoms with van der Waals surface area (Å²) >= 11 is 0. The van der Waals surface area contributed by atoms with Gasteiger partial charge in [0.2, 0.25) is 0 Å². The molecule has 1 aromatic heterocycles. The lowest BCUT2D eigenvalue weighted by atomic mass is 10.1. The summed E-state index contributed by atoms with van der Waals surface area (Å²) in [7, 11) is 0. The van der Waals surface area contributed by atoms with Gasteiger partial charge in [-0.2, -0.15) is 0 Å². The average molecular weight is 218 g/mol. The first-order chi connectivity index (χ1) is 7.72. The SMILES string of the molecule is O=[N+]([O-])c1ccc(-n2cccc2)c(CO)c1. The minimum atomic E-state index is -0.474. The van der Waals surface area contributed by atoms with E-state index in [0.717, 1.165) is 5.69 Å². The number of hydrogen-bond acceptors (Lipinski definition) is 3. The highest BCUT2D eigenvalue weighted by molar-refractivity contribution is 5.48. The van der Waals surface area contributed by atoms with Crippen molar-refractivity contribution in [3.05, 3.63) is 58.4 Å². The van der Waals surface area contributed by atoms with Crippen LogP contribution in [0.4, 0.5) is 5.69 Å². The van der Waals surface area contributed by atoms with E-state index in [-0.39, 0.29) is 12.3 Å². The predicted octanol–water partition coefficient (Wildman–Crippen LogP) is 1.88. The monoisotopic (exact) mass is 218 g/mol. The van der Waals surface area contributed by atoms with Gasteiger partial charge in [-0.1, -0.05) is 0 Å². The van der Waals surface area contributed by atoms with Gasteiger partial charge >= 0.3 is 0 Å². The molecule has 0 fully saturated rings. The highest BCUT2D eigenvalue weighted by Gasteiger charge is 2.10. The van der Waals surface area contributed by atoms with Crippen LogP contribution < -0.4 is 0 Å². The summed E-state index contributed by atoms with van der Waals surface area (Å²) in [6, 6.07) is 8.14. The Morgan fingerprint density at radius 3 is 2.56 bits per heavy atom. The molecule has 0 radical (unpaired) electrons. The molecule has 0 unspecified atom stereocenters. The van der Waals surface area contributed by atoms with Gasteiger partial charge in [-0.25, -0.2) is 0 Å². The molecule has 0 amide bonds. The van der Waals surface area contributed by atoms with Crippen LogP contribution in [0.5, 0.6) is 0 Å². The summed E-state index contributed by atoms with van der Waals surface area (Å²) in [5.41, 5.74) is 1.27. The van der Waals surface area contributed by atoms with Gasteiger partial charge in [0.25, 0.3) is 5.69 Å². The summed E-state index contributed by atoms with van der Waals surface area (Å²) in [6.45, 7) is -0.227. The molecule has 0 saturated carbocycles. The lowest BCUT2D eigenvalue weighted by Crippen LogP contribution is -1.99. The lowest BCUT2D eigenvalue weighted by molar-refractivity contribution is -0.384. The van der Waals surface area contributed by atoms with E-state index in [0.29, 0.717) is 5.56 Å². The van der Waals surface area contributed by atoms with E-state index in [1.807, 2.05) is 24.5 Å². The Bertz CT molecular complexity index is 506. The van der Waals surface area contributed by atoms with Gasteiger partial charge < -0.3 is 9.67 Å². The van der Waals surface area contributed by atoms with E-state index in [4.69, 9.17) is 0 Å². The Hall–Kier alpha value is -2.14. The predicted molar refractivity (Wildman–Crippen MR) is 58.3 cm³/mol. The van der Waals surface area contributed by atoms with Crippen molar-refractivity contribution in [2.75, 3.05) is 0 Å². The van der Waals surface area contributed by atoms with Gasteiger partial charge in [0.05, 0.1) is 17.2 Å². The minimum Gasteiger partial charge on any atom is -0.392 e. The first kappa shape index (κ1) is 10.4. The smallest absolute Gasteiger partial charge is 0.269 e. The molecule has 0 aliphatic carbocycles. The number of aliphatic hydroxyl groups excluding tert-OH is 1. The summed E-state index contributed by atoms with van der Waals surface area (Å²) < 4.78 is 1.80. The number of rotatable bonds is 3. The van der Waals surface area contributed by atoms with E-state index >= 15 is 0 Å². The van der Waals surface area contributed by atoms with Gasteiger partial charge in [-0.3, -0.25) is 10.1 Å². The Morgan fingerprint density at radius 2 is 2.00 bits per heavy atom. The van der Waals surface area contributed by atoms with Crippen molar-refractivity contribution in [1.29, 1.82) is 0 Å². The summed E-state index contributed by atoms with van der Waals surface area (Å²) in [6.07, 6.45) is 3.64. The van der Waals surface area contributed by atoms with E-state index in [1.165, 1.54) is 12.1 Å². The van der Waals surface area contributed by atoms with Crippen LogP contribution in [0.15, 0.2) is 42.7 Å². The van der Waals surface area contributed by atoms with E-state index in [1.54, 1.807) is 10.6 Å². The van der Waals surface area contributed by atoms with E-state index in [9.17, 15) is 15.2 Å². The van der Waals surface area contributed by atoms with Gasteiger partial charge in [-0.05, 0) is 18.2 Å².